The van der Waals surface area contributed by atoms with E-state index in [0.29, 0.717) is 0 Å². The summed E-state index contributed by atoms with van der Waals surface area (Å²) in [5.41, 5.74) is 8.45. The van der Waals surface area contributed by atoms with Crippen LogP contribution in [0.15, 0.2) is 23.7 Å². The van der Waals surface area contributed by atoms with Crippen molar-refractivity contribution < 1.29 is 9.53 Å². The number of carbonyl (C=O) groups is 1. The molecule has 5 heteroatoms. The molecule has 0 radical (unpaired) electrons. The molecule has 1 aromatic carbocycles. The van der Waals surface area contributed by atoms with E-state index in [1.807, 2.05) is 18.2 Å². The van der Waals surface area contributed by atoms with Gasteiger partial charge in [-0.2, -0.15) is 0 Å². The molecule has 0 aliphatic rings. The number of aromatic nitrogens is 1. The van der Waals surface area contributed by atoms with Gasteiger partial charge in [0, 0.05) is 0 Å². The Kier molecular flexibility index (Phi) is 2.32. The van der Waals surface area contributed by atoms with E-state index >= 15 is 0 Å². The Morgan fingerprint density at radius 3 is 3.21 bits per heavy atom. The van der Waals surface area contributed by atoms with Gasteiger partial charge in [0.25, 0.3) is 0 Å². The van der Waals surface area contributed by atoms with E-state index in [1.54, 1.807) is 16.8 Å². The topological polar surface area (TPSA) is 65.2 Å². The van der Waals surface area contributed by atoms with Crippen LogP contribution < -0.4 is 5.73 Å². The molecule has 0 fully saturated rings. The minimum atomic E-state index is -0.761. The standard InChI is InChI=1S/C9H8N2O2S/c10-9(12)13-4-6-1-2-8-7(3-6)11-5-14-8/h1-3,5H,4H2,(H2,10,12). The van der Waals surface area contributed by atoms with Gasteiger partial charge in [0.1, 0.15) is 6.61 Å². The van der Waals surface area contributed by atoms with Crippen LogP contribution in [-0.4, -0.2) is 11.1 Å². The SMILES string of the molecule is NC(=O)OCc1ccc2scnc2c1. The number of amides is 1. The van der Waals surface area contributed by atoms with Crippen molar-refractivity contribution in [1.82, 2.24) is 4.98 Å². The van der Waals surface area contributed by atoms with Gasteiger partial charge in [-0.3, -0.25) is 0 Å². The molecule has 2 aromatic rings. The highest BCUT2D eigenvalue weighted by atomic mass is 32.1. The zero-order valence-corrected chi connectivity index (χ0v) is 8.08. The quantitative estimate of drug-likeness (QED) is 0.819. The van der Waals surface area contributed by atoms with Crippen LogP contribution in [-0.2, 0) is 11.3 Å². The lowest BCUT2D eigenvalue weighted by Crippen LogP contribution is -2.12. The molecule has 14 heavy (non-hydrogen) atoms. The lowest BCUT2D eigenvalue weighted by Gasteiger charge is -2.00. The normalized spacial score (nSPS) is 10.3. The zero-order valence-electron chi connectivity index (χ0n) is 7.27. The van der Waals surface area contributed by atoms with Crippen molar-refractivity contribution in [2.24, 2.45) is 5.73 Å². The van der Waals surface area contributed by atoms with E-state index in [9.17, 15) is 4.79 Å². The molecule has 0 saturated carbocycles. The van der Waals surface area contributed by atoms with Crippen LogP contribution >= 0.6 is 11.3 Å². The van der Waals surface area contributed by atoms with Gasteiger partial charge in [-0.1, -0.05) is 6.07 Å². The first-order chi connectivity index (χ1) is 6.75. The summed E-state index contributed by atoms with van der Waals surface area (Å²) in [6.07, 6.45) is -0.761. The molecule has 2 rings (SSSR count). The maximum absolute atomic E-state index is 10.4. The molecule has 1 heterocycles. The first-order valence-corrected chi connectivity index (χ1v) is 4.88. The molecule has 72 valence electrons. The van der Waals surface area contributed by atoms with Crippen LogP contribution in [0.5, 0.6) is 0 Å². The Morgan fingerprint density at radius 2 is 2.43 bits per heavy atom. The fourth-order valence-electron chi connectivity index (χ4n) is 1.15. The Balaban J connectivity index is 2.21. The summed E-state index contributed by atoms with van der Waals surface area (Å²) in [6.45, 7) is 0.197. The van der Waals surface area contributed by atoms with Crippen molar-refractivity contribution in [1.29, 1.82) is 0 Å². The van der Waals surface area contributed by atoms with E-state index in [-0.39, 0.29) is 6.61 Å². The largest absolute Gasteiger partial charge is 0.445 e. The van der Waals surface area contributed by atoms with E-state index in [0.717, 1.165) is 15.8 Å². The van der Waals surface area contributed by atoms with Crippen LogP contribution in [0.2, 0.25) is 0 Å². The summed E-state index contributed by atoms with van der Waals surface area (Å²) in [7, 11) is 0. The van der Waals surface area contributed by atoms with Crippen LogP contribution in [0.1, 0.15) is 5.56 Å². The Morgan fingerprint density at radius 1 is 1.57 bits per heavy atom. The second kappa shape index (κ2) is 3.63. The number of carbonyl (C=O) groups excluding carboxylic acids is 1. The van der Waals surface area contributed by atoms with Crippen LogP contribution in [0.3, 0.4) is 0 Å². The van der Waals surface area contributed by atoms with E-state index in [4.69, 9.17) is 5.73 Å². The average Bonchev–Trinajstić information content (AvgIpc) is 2.61. The third kappa shape index (κ3) is 1.82. The molecular formula is C9H8N2O2S. The third-order valence-corrected chi connectivity index (χ3v) is 2.59. The fraction of sp³-hybridized carbons (Fsp3) is 0.111. The number of rotatable bonds is 2. The van der Waals surface area contributed by atoms with Crippen molar-refractivity contribution in [2.45, 2.75) is 6.61 Å². The molecule has 1 amide bonds. The zero-order chi connectivity index (χ0) is 9.97. The predicted octanol–water partition coefficient (Wildman–Crippen LogP) is 1.89. The molecule has 2 N–H and O–H groups in total. The first kappa shape index (κ1) is 8.96. The van der Waals surface area contributed by atoms with Gasteiger partial charge in [-0.25, -0.2) is 9.78 Å². The van der Waals surface area contributed by atoms with Gasteiger partial charge < -0.3 is 10.5 Å². The monoisotopic (exact) mass is 208 g/mol. The Labute approximate surface area is 84.3 Å². The highest BCUT2D eigenvalue weighted by Gasteiger charge is 2.00. The van der Waals surface area contributed by atoms with Crippen LogP contribution in [0, 0.1) is 0 Å². The van der Waals surface area contributed by atoms with Crippen molar-refractivity contribution in [3.8, 4) is 0 Å². The van der Waals surface area contributed by atoms with Gasteiger partial charge in [0.2, 0.25) is 0 Å². The third-order valence-electron chi connectivity index (χ3n) is 1.78. The maximum atomic E-state index is 10.4. The molecule has 0 aliphatic heterocycles. The molecule has 0 spiro atoms. The van der Waals surface area contributed by atoms with Crippen LogP contribution in [0.4, 0.5) is 4.79 Å². The van der Waals surface area contributed by atoms with Crippen molar-refractivity contribution in [3.05, 3.63) is 29.3 Å². The second-order valence-corrected chi connectivity index (χ2v) is 3.65. The number of nitrogens with two attached hydrogens (primary N) is 1. The number of primary amides is 1. The highest BCUT2D eigenvalue weighted by Crippen LogP contribution is 2.19. The average molecular weight is 208 g/mol. The van der Waals surface area contributed by atoms with E-state index in [1.165, 1.54) is 0 Å². The van der Waals surface area contributed by atoms with Gasteiger partial charge in [0.05, 0.1) is 15.7 Å². The molecule has 0 saturated heterocycles. The van der Waals surface area contributed by atoms with Gasteiger partial charge in [-0.05, 0) is 17.7 Å². The second-order valence-electron chi connectivity index (χ2n) is 2.76. The molecule has 4 nitrogen and oxygen atoms in total. The minimum absolute atomic E-state index is 0.197. The maximum Gasteiger partial charge on any atom is 0.404 e. The van der Waals surface area contributed by atoms with E-state index in [2.05, 4.69) is 9.72 Å². The summed E-state index contributed by atoms with van der Waals surface area (Å²) in [4.78, 5) is 14.5. The number of benzene rings is 1. The summed E-state index contributed by atoms with van der Waals surface area (Å²) in [5, 5.41) is 0. The number of hydrogen-bond acceptors (Lipinski definition) is 4. The fourth-order valence-corrected chi connectivity index (χ4v) is 1.81. The Hall–Kier alpha value is -1.62. The predicted molar refractivity (Wildman–Crippen MR) is 54.0 cm³/mol. The van der Waals surface area contributed by atoms with Gasteiger partial charge in [0.15, 0.2) is 0 Å². The lowest BCUT2D eigenvalue weighted by atomic mass is 10.2. The molecule has 1 aromatic heterocycles. The summed E-state index contributed by atoms with van der Waals surface area (Å²) < 4.78 is 5.79. The number of thiazole rings is 1. The lowest BCUT2D eigenvalue weighted by molar-refractivity contribution is 0.150. The highest BCUT2D eigenvalue weighted by molar-refractivity contribution is 7.16. The number of nitrogens with zero attached hydrogens (tertiary/aromatic N) is 1. The van der Waals surface area contributed by atoms with Crippen molar-refractivity contribution in [2.75, 3.05) is 0 Å². The molecule has 0 aliphatic carbocycles. The molecule has 0 unspecified atom stereocenters. The number of fused-ring (bicyclic) bond motifs is 1. The van der Waals surface area contributed by atoms with Gasteiger partial charge >= 0.3 is 6.09 Å². The van der Waals surface area contributed by atoms with Crippen molar-refractivity contribution in [3.63, 3.8) is 0 Å². The first-order valence-electron chi connectivity index (χ1n) is 4.00. The number of hydrogen-bond donors (Lipinski definition) is 1. The number of ether oxygens (including phenoxy) is 1. The van der Waals surface area contributed by atoms with Crippen LogP contribution in [0.25, 0.3) is 10.2 Å². The molecular weight excluding hydrogens is 200 g/mol. The van der Waals surface area contributed by atoms with E-state index < -0.39 is 6.09 Å². The summed E-state index contributed by atoms with van der Waals surface area (Å²) >= 11 is 1.58. The Bertz CT molecular complexity index is 467. The molecule has 0 bridgehead atoms. The summed E-state index contributed by atoms with van der Waals surface area (Å²) in [6, 6.07) is 5.73. The van der Waals surface area contributed by atoms with Crippen molar-refractivity contribution >= 4 is 27.6 Å². The summed E-state index contributed by atoms with van der Waals surface area (Å²) in [5.74, 6) is 0. The smallest absolute Gasteiger partial charge is 0.404 e. The van der Waals surface area contributed by atoms with Gasteiger partial charge in [-0.15, -0.1) is 11.3 Å². The minimum Gasteiger partial charge on any atom is -0.445 e. The molecule has 0 atom stereocenters.